The molecule has 2 rings (SSSR count). The molecule has 0 aromatic heterocycles. The van der Waals surface area contributed by atoms with Gasteiger partial charge in [0, 0.05) is 10.9 Å². The highest BCUT2D eigenvalue weighted by Gasteiger charge is 2.12. The number of hydrogen-bond donors (Lipinski definition) is 1. The van der Waals surface area contributed by atoms with Gasteiger partial charge in [0.05, 0.1) is 11.6 Å². The summed E-state index contributed by atoms with van der Waals surface area (Å²) in [6.07, 6.45) is 2.88. The SMILES string of the molecule is COc1ccc(CC(N)c2ccccc2SC)cc1Br. The van der Waals surface area contributed by atoms with Crippen molar-refractivity contribution in [1.82, 2.24) is 0 Å². The van der Waals surface area contributed by atoms with E-state index in [2.05, 4.69) is 46.5 Å². The van der Waals surface area contributed by atoms with Crippen molar-refractivity contribution in [3.05, 3.63) is 58.1 Å². The van der Waals surface area contributed by atoms with Gasteiger partial charge in [0.2, 0.25) is 0 Å². The lowest BCUT2D eigenvalue weighted by Crippen LogP contribution is -2.14. The molecule has 2 N–H and O–H groups in total. The summed E-state index contributed by atoms with van der Waals surface area (Å²) in [5, 5.41) is 0. The quantitative estimate of drug-likeness (QED) is 0.809. The van der Waals surface area contributed by atoms with E-state index in [1.54, 1.807) is 18.9 Å². The molecule has 4 heteroatoms. The Morgan fingerprint density at radius 3 is 2.65 bits per heavy atom. The lowest BCUT2D eigenvalue weighted by atomic mass is 9.99. The highest BCUT2D eigenvalue weighted by atomic mass is 79.9. The molecular weight excluding hydrogens is 334 g/mol. The molecule has 2 nitrogen and oxygen atoms in total. The van der Waals surface area contributed by atoms with E-state index in [1.807, 2.05) is 18.2 Å². The van der Waals surface area contributed by atoms with Crippen molar-refractivity contribution < 1.29 is 4.74 Å². The molecular formula is C16H18BrNOS. The Hall–Kier alpha value is -0.970. The zero-order chi connectivity index (χ0) is 14.5. The van der Waals surface area contributed by atoms with Crippen LogP contribution in [0.25, 0.3) is 0 Å². The molecule has 1 unspecified atom stereocenters. The number of hydrogen-bond acceptors (Lipinski definition) is 3. The minimum atomic E-state index is -0.000977. The molecule has 0 fully saturated rings. The molecule has 106 valence electrons. The monoisotopic (exact) mass is 351 g/mol. The van der Waals surface area contributed by atoms with E-state index in [4.69, 9.17) is 10.5 Å². The number of halogens is 1. The molecule has 20 heavy (non-hydrogen) atoms. The van der Waals surface area contributed by atoms with Gasteiger partial charge in [-0.3, -0.25) is 0 Å². The van der Waals surface area contributed by atoms with Gasteiger partial charge >= 0.3 is 0 Å². The summed E-state index contributed by atoms with van der Waals surface area (Å²) in [5.74, 6) is 0.840. The summed E-state index contributed by atoms with van der Waals surface area (Å²) in [4.78, 5) is 1.24. The maximum Gasteiger partial charge on any atom is 0.133 e. The summed E-state index contributed by atoms with van der Waals surface area (Å²) in [6, 6.07) is 14.4. The Labute approximate surface area is 132 Å². The van der Waals surface area contributed by atoms with E-state index in [9.17, 15) is 0 Å². The normalized spacial score (nSPS) is 12.2. The van der Waals surface area contributed by atoms with Crippen molar-refractivity contribution in [2.45, 2.75) is 17.4 Å². The lowest BCUT2D eigenvalue weighted by molar-refractivity contribution is 0.412. The molecule has 0 radical (unpaired) electrons. The zero-order valence-electron chi connectivity index (χ0n) is 11.6. The second kappa shape index (κ2) is 7.16. The minimum absolute atomic E-state index is 0.000977. The number of nitrogens with two attached hydrogens (primary N) is 1. The molecule has 0 spiro atoms. The molecule has 0 amide bonds. The van der Waals surface area contributed by atoms with Crippen LogP contribution >= 0.6 is 27.7 Å². The van der Waals surface area contributed by atoms with Crippen molar-refractivity contribution in [2.24, 2.45) is 5.73 Å². The summed E-state index contributed by atoms with van der Waals surface area (Å²) in [6.45, 7) is 0. The average Bonchev–Trinajstić information content (AvgIpc) is 2.47. The van der Waals surface area contributed by atoms with Crippen molar-refractivity contribution >= 4 is 27.7 Å². The maximum atomic E-state index is 6.36. The second-order valence-electron chi connectivity index (χ2n) is 4.52. The Balaban J connectivity index is 2.19. The van der Waals surface area contributed by atoms with Gasteiger partial charge in [-0.05, 0) is 57.9 Å². The van der Waals surface area contributed by atoms with E-state index in [0.717, 1.165) is 16.6 Å². The van der Waals surface area contributed by atoms with Crippen LogP contribution in [-0.2, 0) is 6.42 Å². The van der Waals surface area contributed by atoms with Gasteiger partial charge < -0.3 is 10.5 Å². The molecule has 1 atom stereocenters. The van der Waals surface area contributed by atoms with Gasteiger partial charge in [-0.25, -0.2) is 0 Å². The molecule has 0 aliphatic rings. The minimum Gasteiger partial charge on any atom is -0.496 e. The first kappa shape index (κ1) is 15.4. The summed E-state index contributed by atoms with van der Waals surface area (Å²) >= 11 is 5.25. The highest BCUT2D eigenvalue weighted by molar-refractivity contribution is 9.10. The smallest absolute Gasteiger partial charge is 0.133 e. The third kappa shape index (κ3) is 3.57. The molecule has 0 bridgehead atoms. The molecule has 0 saturated carbocycles. The standard InChI is InChI=1S/C16H18BrNOS/c1-19-15-8-7-11(9-13(15)17)10-14(18)12-5-3-4-6-16(12)20-2/h3-9,14H,10,18H2,1-2H3. The van der Waals surface area contributed by atoms with E-state index in [-0.39, 0.29) is 6.04 Å². The third-order valence-electron chi connectivity index (χ3n) is 3.21. The molecule has 0 heterocycles. The van der Waals surface area contributed by atoms with Crippen LogP contribution in [0, 0.1) is 0 Å². The second-order valence-corrected chi connectivity index (χ2v) is 6.22. The number of rotatable bonds is 5. The fourth-order valence-electron chi connectivity index (χ4n) is 2.17. The van der Waals surface area contributed by atoms with Crippen molar-refractivity contribution in [3.63, 3.8) is 0 Å². The first-order chi connectivity index (χ1) is 9.65. The van der Waals surface area contributed by atoms with Gasteiger partial charge in [0.25, 0.3) is 0 Å². The molecule has 0 aliphatic carbocycles. The van der Waals surface area contributed by atoms with Gasteiger partial charge in [0.15, 0.2) is 0 Å². The topological polar surface area (TPSA) is 35.2 Å². The molecule has 0 aliphatic heterocycles. The zero-order valence-corrected chi connectivity index (χ0v) is 14.0. The van der Waals surface area contributed by atoms with Crippen LogP contribution < -0.4 is 10.5 Å². The van der Waals surface area contributed by atoms with Crippen LogP contribution in [0.4, 0.5) is 0 Å². The Morgan fingerprint density at radius 1 is 1.25 bits per heavy atom. The number of thioether (sulfide) groups is 1. The van der Waals surface area contributed by atoms with Gasteiger partial charge in [-0.2, -0.15) is 0 Å². The first-order valence-corrected chi connectivity index (χ1v) is 8.38. The molecule has 2 aromatic carbocycles. The number of ether oxygens (including phenoxy) is 1. The Kier molecular flexibility index (Phi) is 5.52. The molecule has 0 saturated heterocycles. The van der Waals surface area contributed by atoms with Gasteiger partial charge in [-0.15, -0.1) is 11.8 Å². The van der Waals surface area contributed by atoms with Crippen LogP contribution in [0.5, 0.6) is 5.75 Å². The van der Waals surface area contributed by atoms with E-state index in [0.29, 0.717) is 0 Å². The van der Waals surface area contributed by atoms with Crippen LogP contribution in [0.15, 0.2) is 51.8 Å². The largest absolute Gasteiger partial charge is 0.496 e. The Bertz CT molecular complexity index is 588. The first-order valence-electron chi connectivity index (χ1n) is 6.36. The highest BCUT2D eigenvalue weighted by Crippen LogP contribution is 2.29. The van der Waals surface area contributed by atoms with Crippen LogP contribution in [-0.4, -0.2) is 13.4 Å². The predicted octanol–water partition coefficient (Wildman–Crippen LogP) is 4.42. The van der Waals surface area contributed by atoms with Crippen molar-refractivity contribution in [1.29, 1.82) is 0 Å². The predicted molar refractivity (Wildman–Crippen MR) is 89.5 cm³/mol. The van der Waals surface area contributed by atoms with Gasteiger partial charge in [-0.1, -0.05) is 24.3 Å². The van der Waals surface area contributed by atoms with Crippen LogP contribution in [0.1, 0.15) is 17.2 Å². The van der Waals surface area contributed by atoms with Crippen LogP contribution in [0.3, 0.4) is 0 Å². The average molecular weight is 352 g/mol. The lowest BCUT2D eigenvalue weighted by Gasteiger charge is -2.16. The summed E-state index contributed by atoms with van der Waals surface area (Å²) in [7, 11) is 1.67. The third-order valence-corrected chi connectivity index (χ3v) is 4.64. The fraction of sp³-hybridized carbons (Fsp3) is 0.250. The van der Waals surface area contributed by atoms with Gasteiger partial charge in [0.1, 0.15) is 5.75 Å². The molecule has 2 aromatic rings. The number of benzene rings is 2. The fourth-order valence-corrected chi connectivity index (χ4v) is 3.43. The Morgan fingerprint density at radius 2 is 2.00 bits per heavy atom. The van der Waals surface area contributed by atoms with E-state index < -0.39 is 0 Å². The summed E-state index contributed by atoms with van der Waals surface area (Å²) < 4.78 is 6.21. The van der Waals surface area contributed by atoms with Crippen molar-refractivity contribution in [3.8, 4) is 5.75 Å². The van der Waals surface area contributed by atoms with E-state index >= 15 is 0 Å². The number of methoxy groups -OCH3 is 1. The van der Waals surface area contributed by atoms with Crippen LogP contribution in [0.2, 0.25) is 0 Å². The van der Waals surface area contributed by atoms with Crippen molar-refractivity contribution in [2.75, 3.05) is 13.4 Å². The maximum absolute atomic E-state index is 6.36. The van der Waals surface area contributed by atoms with E-state index in [1.165, 1.54) is 16.0 Å². The summed E-state index contributed by atoms with van der Waals surface area (Å²) in [5.41, 5.74) is 8.76.